The number of aromatic nitrogens is 1. The van der Waals surface area contributed by atoms with Crippen molar-refractivity contribution in [2.45, 2.75) is 20.3 Å². The number of fused-ring (bicyclic) bond motifs is 1. The molecule has 1 fully saturated rings. The maximum absolute atomic E-state index is 5.70. The molecule has 3 N–H and O–H groups in total. The van der Waals surface area contributed by atoms with E-state index in [0.29, 0.717) is 17.1 Å². The summed E-state index contributed by atoms with van der Waals surface area (Å²) in [5.74, 6) is 0.725. The van der Waals surface area contributed by atoms with Crippen LogP contribution in [0.2, 0.25) is 0 Å². The fourth-order valence-corrected chi connectivity index (χ4v) is 2.16. The fourth-order valence-electron chi connectivity index (χ4n) is 2.16. The maximum atomic E-state index is 5.70. The molecule has 1 atom stereocenters. The van der Waals surface area contributed by atoms with Gasteiger partial charge in [0.05, 0.1) is 0 Å². The minimum absolute atomic E-state index is 0.476. The van der Waals surface area contributed by atoms with Crippen LogP contribution >= 0.6 is 0 Å². The van der Waals surface area contributed by atoms with Gasteiger partial charge < -0.3 is 15.5 Å². The molecule has 1 unspecified atom stereocenters. The van der Waals surface area contributed by atoms with Gasteiger partial charge in [-0.3, -0.25) is 0 Å². The Morgan fingerprint density at radius 2 is 2.29 bits per heavy atom. The molecule has 2 aromatic rings. The molecule has 0 amide bonds. The summed E-state index contributed by atoms with van der Waals surface area (Å²) in [6, 6.07) is 6.09. The molecule has 1 heterocycles. The summed E-state index contributed by atoms with van der Waals surface area (Å²) in [4.78, 5) is 4.36. The quantitative estimate of drug-likeness (QED) is 0.797. The number of hydrogen-bond acceptors (Lipinski definition) is 4. The highest BCUT2D eigenvalue weighted by Crippen LogP contribution is 2.51. The highest BCUT2D eigenvalue weighted by molar-refractivity contribution is 5.78. The Kier molecular flexibility index (Phi) is 2.08. The number of rotatable bonds is 3. The lowest BCUT2D eigenvalue weighted by atomic mass is 10.1. The van der Waals surface area contributed by atoms with Crippen LogP contribution in [0.4, 0.5) is 11.7 Å². The third-order valence-corrected chi connectivity index (χ3v) is 3.63. The van der Waals surface area contributed by atoms with E-state index in [1.807, 2.05) is 18.2 Å². The van der Waals surface area contributed by atoms with Gasteiger partial charge in [0.1, 0.15) is 5.52 Å². The van der Waals surface area contributed by atoms with Gasteiger partial charge >= 0.3 is 0 Å². The van der Waals surface area contributed by atoms with Crippen LogP contribution in [0.3, 0.4) is 0 Å². The molecule has 1 aromatic carbocycles. The predicted molar refractivity (Wildman–Crippen MR) is 68.8 cm³/mol. The van der Waals surface area contributed by atoms with Gasteiger partial charge in [-0.1, -0.05) is 13.8 Å². The van der Waals surface area contributed by atoms with E-state index in [1.165, 1.54) is 6.42 Å². The molecule has 1 aromatic heterocycles. The van der Waals surface area contributed by atoms with E-state index in [0.717, 1.165) is 23.6 Å². The number of nitrogen functional groups attached to an aromatic ring is 1. The van der Waals surface area contributed by atoms with Gasteiger partial charge in [0.15, 0.2) is 5.58 Å². The van der Waals surface area contributed by atoms with Gasteiger partial charge in [-0.25, -0.2) is 0 Å². The highest BCUT2D eigenvalue weighted by Gasteiger charge is 2.45. The lowest BCUT2D eigenvalue weighted by Gasteiger charge is -2.02. The Bertz CT molecular complexity index is 559. The first kappa shape index (κ1) is 10.4. The van der Waals surface area contributed by atoms with Crippen LogP contribution in [0, 0.1) is 11.3 Å². The average molecular weight is 231 g/mol. The molecular formula is C13H17N3O. The minimum atomic E-state index is 0.476. The molecule has 0 spiro atoms. The molecule has 0 bridgehead atoms. The van der Waals surface area contributed by atoms with Crippen molar-refractivity contribution in [3.8, 4) is 0 Å². The number of oxazole rings is 1. The standard InChI is InChI=1S/C13H17N3O/c1-13(2)6-8(13)7-15-12-16-10-5-9(14)3-4-11(10)17-12/h3-5,8H,6-7,14H2,1-2H3,(H,15,16). The van der Waals surface area contributed by atoms with E-state index < -0.39 is 0 Å². The van der Waals surface area contributed by atoms with Gasteiger partial charge in [-0.05, 0) is 36.0 Å². The van der Waals surface area contributed by atoms with Crippen molar-refractivity contribution in [2.24, 2.45) is 11.3 Å². The van der Waals surface area contributed by atoms with Crippen LogP contribution in [-0.2, 0) is 0 Å². The minimum Gasteiger partial charge on any atom is -0.424 e. The SMILES string of the molecule is CC1(C)CC1CNc1nc2cc(N)ccc2o1. The smallest absolute Gasteiger partial charge is 0.295 e. The van der Waals surface area contributed by atoms with Crippen LogP contribution < -0.4 is 11.1 Å². The first-order chi connectivity index (χ1) is 8.04. The monoisotopic (exact) mass is 231 g/mol. The molecular weight excluding hydrogens is 214 g/mol. The lowest BCUT2D eigenvalue weighted by Crippen LogP contribution is -2.07. The van der Waals surface area contributed by atoms with Crippen LogP contribution in [0.15, 0.2) is 22.6 Å². The number of anilines is 2. The van der Waals surface area contributed by atoms with E-state index in [4.69, 9.17) is 10.2 Å². The molecule has 4 heteroatoms. The molecule has 1 aliphatic rings. The van der Waals surface area contributed by atoms with Crippen molar-refractivity contribution in [1.82, 2.24) is 4.98 Å². The number of nitrogens with zero attached hydrogens (tertiary/aromatic N) is 1. The molecule has 4 nitrogen and oxygen atoms in total. The Balaban J connectivity index is 1.73. The van der Waals surface area contributed by atoms with Crippen LogP contribution in [0.25, 0.3) is 11.1 Å². The second kappa shape index (κ2) is 3.39. The van der Waals surface area contributed by atoms with Crippen LogP contribution in [0.1, 0.15) is 20.3 Å². The molecule has 3 rings (SSSR count). The first-order valence-electron chi connectivity index (χ1n) is 5.94. The van der Waals surface area contributed by atoms with E-state index in [-0.39, 0.29) is 0 Å². The molecule has 1 saturated carbocycles. The molecule has 0 saturated heterocycles. The first-order valence-corrected chi connectivity index (χ1v) is 5.94. The van der Waals surface area contributed by atoms with Gasteiger partial charge in [-0.2, -0.15) is 4.98 Å². The average Bonchev–Trinajstić information content (AvgIpc) is 2.71. The molecule has 0 radical (unpaired) electrons. The summed E-state index contributed by atoms with van der Waals surface area (Å²) in [5, 5.41) is 3.25. The lowest BCUT2D eigenvalue weighted by molar-refractivity contribution is 0.560. The van der Waals surface area contributed by atoms with Crippen molar-refractivity contribution in [1.29, 1.82) is 0 Å². The van der Waals surface area contributed by atoms with Gasteiger partial charge in [-0.15, -0.1) is 0 Å². The van der Waals surface area contributed by atoms with E-state index in [2.05, 4.69) is 24.1 Å². The number of benzene rings is 1. The summed E-state index contributed by atoms with van der Waals surface area (Å²) in [6.07, 6.45) is 1.27. The largest absolute Gasteiger partial charge is 0.424 e. The molecule has 17 heavy (non-hydrogen) atoms. The molecule has 0 aliphatic heterocycles. The second-order valence-electron chi connectivity index (χ2n) is 5.52. The van der Waals surface area contributed by atoms with Crippen molar-refractivity contribution >= 4 is 22.8 Å². The van der Waals surface area contributed by atoms with Crippen molar-refractivity contribution < 1.29 is 4.42 Å². The number of hydrogen-bond donors (Lipinski definition) is 2. The molecule has 90 valence electrons. The maximum Gasteiger partial charge on any atom is 0.295 e. The summed E-state index contributed by atoms with van der Waals surface area (Å²) >= 11 is 0. The zero-order chi connectivity index (χ0) is 12.0. The van der Waals surface area contributed by atoms with Crippen molar-refractivity contribution in [2.75, 3.05) is 17.6 Å². The zero-order valence-corrected chi connectivity index (χ0v) is 10.2. The van der Waals surface area contributed by atoms with Crippen molar-refractivity contribution in [3.63, 3.8) is 0 Å². The Morgan fingerprint density at radius 3 is 3.00 bits per heavy atom. The predicted octanol–water partition coefficient (Wildman–Crippen LogP) is 2.87. The van der Waals surface area contributed by atoms with Crippen molar-refractivity contribution in [3.05, 3.63) is 18.2 Å². The summed E-state index contributed by atoms with van der Waals surface area (Å²) in [7, 11) is 0. The van der Waals surface area contributed by atoms with E-state index >= 15 is 0 Å². The Morgan fingerprint density at radius 1 is 1.53 bits per heavy atom. The fraction of sp³-hybridized carbons (Fsp3) is 0.462. The van der Waals surface area contributed by atoms with Crippen LogP contribution in [0.5, 0.6) is 0 Å². The normalized spacial score (nSPS) is 21.6. The van der Waals surface area contributed by atoms with Crippen LogP contribution in [-0.4, -0.2) is 11.5 Å². The van der Waals surface area contributed by atoms with E-state index in [1.54, 1.807) is 0 Å². The van der Waals surface area contributed by atoms with Gasteiger partial charge in [0.2, 0.25) is 0 Å². The second-order valence-corrected chi connectivity index (χ2v) is 5.52. The highest BCUT2D eigenvalue weighted by atomic mass is 16.4. The summed E-state index contributed by atoms with van der Waals surface area (Å²) < 4.78 is 5.59. The van der Waals surface area contributed by atoms with Gasteiger partial charge in [0.25, 0.3) is 6.01 Å². The zero-order valence-electron chi connectivity index (χ0n) is 10.2. The van der Waals surface area contributed by atoms with Gasteiger partial charge in [0, 0.05) is 12.2 Å². The van der Waals surface area contributed by atoms with E-state index in [9.17, 15) is 0 Å². The number of nitrogens with one attached hydrogen (secondary N) is 1. The third kappa shape index (κ3) is 1.95. The Hall–Kier alpha value is -1.71. The Labute approximate surface area is 100 Å². The third-order valence-electron chi connectivity index (χ3n) is 3.63. The summed E-state index contributed by atoms with van der Waals surface area (Å²) in [5.41, 5.74) is 8.47. The topological polar surface area (TPSA) is 64.1 Å². The molecule has 1 aliphatic carbocycles. The number of nitrogens with two attached hydrogens (primary N) is 1. The summed E-state index contributed by atoms with van der Waals surface area (Å²) in [6.45, 7) is 5.49.